The monoisotopic (exact) mass is 441 g/mol. The largest absolute Gasteiger partial charge is 0.351 e. The first-order valence-electron chi connectivity index (χ1n) is 10.8. The van der Waals surface area contributed by atoms with Crippen molar-refractivity contribution in [2.75, 3.05) is 5.32 Å². The Hall–Kier alpha value is -3.44. The molecule has 4 nitrogen and oxygen atoms in total. The predicted molar refractivity (Wildman–Crippen MR) is 135 cm³/mol. The SMILES string of the molecule is Cc1ccc(NC(=O)C2=C(c3ccccc3)NC(=S)N[C@@H]2c2ccc(C(C)C)cc2)cc1. The maximum atomic E-state index is 13.6. The summed E-state index contributed by atoms with van der Waals surface area (Å²) in [5.41, 5.74) is 6.36. The standard InChI is InChI=1S/C27H27N3OS/c1-17(2)19-11-13-21(14-12-19)25-23(26(31)28-22-15-9-18(3)10-16-22)24(29-27(32)30-25)20-7-5-4-6-8-20/h4-17,25H,1-3H3,(H,28,31)(H2,29,30,32)/t25-/m1/s1. The Morgan fingerprint density at radius 3 is 2.22 bits per heavy atom. The van der Waals surface area contributed by atoms with Crippen molar-refractivity contribution in [3.8, 4) is 0 Å². The van der Waals surface area contributed by atoms with Crippen molar-refractivity contribution in [2.45, 2.75) is 32.7 Å². The number of nitrogens with one attached hydrogen (secondary N) is 3. The summed E-state index contributed by atoms with van der Waals surface area (Å²) >= 11 is 5.52. The maximum Gasteiger partial charge on any atom is 0.256 e. The minimum Gasteiger partial charge on any atom is -0.351 e. The van der Waals surface area contributed by atoms with Crippen LogP contribution in [0.25, 0.3) is 5.70 Å². The molecule has 0 saturated carbocycles. The van der Waals surface area contributed by atoms with Crippen molar-refractivity contribution in [3.05, 3.63) is 107 Å². The maximum absolute atomic E-state index is 13.6. The third-order valence-electron chi connectivity index (χ3n) is 5.62. The van der Waals surface area contributed by atoms with E-state index < -0.39 is 0 Å². The third-order valence-corrected chi connectivity index (χ3v) is 5.84. The number of carbonyl (C=O) groups is 1. The third kappa shape index (κ3) is 4.73. The minimum atomic E-state index is -0.370. The van der Waals surface area contributed by atoms with Gasteiger partial charge in [0.2, 0.25) is 0 Å². The summed E-state index contributed by atoms with van der Waals surface area (Å²) in [5.74, 6) is 0.263. The summed E-state index contributed by atoms with van der Waals surface area (Å²) in [4.78, 5) is 13.6. The van der Waals surface area contributed by atoms with Gasteiger partial charge in [-0.2, -0.15) is 0 Å². The lowest BCUT2D eigenvalue weighted by molar-refractivity contribution is -0.113. The molecule has 1 atom stereocenters. The fourth-order valence-corrected chi connectivity index (χ4v) is 4.02. The molecule has 5 heteroatoms. The van der Waals surface area contributed by atoms with Gasteiger partial charge < -0.3 is 16.0 Å². The molecule has 4 rings (SSSR count). The van der Waals surface area contributed by atoms with E-state index in [0.717, 1.165) is 28.1 Å². The van der Waals surface area contributed by atoms with Gasteiger partial charge in [-0.3, -0.25) is 4.79 Å². The van der Waals surface area contributed by atoms with Crippen molar-refractivity contribution in [3.63, 3.8) is 0 Å². The first kappa shape index (κ1) is 21.8. The molecular formula is C27H27N3OS. The topological polar surface area (TPSA) is 53.2 Å². The highest BCUT2D eigenvalue weighted by Gasteiger charge is 2.32. The van der Waals surface area contributed by atoms with E-state index in [4.69, 9.17) is 12.2 Å². The van der Waals surface area contributed by atoms with Crippen molar-refractivity contribution in [1.29, 1.82) is 0 Å². The highest BCUT2D eigenvalue weighted by atomic mass is 32.1. The molecule has 0 spiro atoms. The van der Waals surface area contributed by atoms with Crippen LogP contribution in [0, 0.1) is 6.92 Å². The van der Waals surface area contributed by atoms with Gasteiger partial charge in [0.05, 0.1) is 17.3 Å². The van der Waals surface area contributed by atoms with Gasteiger partial charge in [0.15, 0.2) is 5.11 Å². The van der Waals surface area contributed by atoms with Crippen LogP contribution in [0.3, 0.4) is 0 Å². The number of hydrogen-bond acceptors (Lipinski definition) is 2. The second kappa shape index (κ2) is 9.37. The summed E-state index contributed by atoms with van der Waals surface area (Å²) in [6.07, 6.45) is 0. The van der Waals surface area contributed by atoms with Gasteiger partial charge in [0.25, 0.3) is 5.91 Å². The number of rotatable bonds is 5. The van der Waals surface area contributed by atoms with Crippen LogP contribution in [0.4, 0.5) is 5.69 Å². The van der Waals surface area contributed by atoms with Crippen molar-refractivity contribution in [2.24, 2.45) is 0 Å². The molecule has 1 aliphatic heterocycles. The zero-order valence-electron chi connectivity index (χ0n) is 18.5. The molecular weight excluding hydrogens is 414 g/mol. The van der Waals surface area contributed by atoms with E-state index in [-0.39, 0.29) is 11.9 Å². The lowest BCUT2D eigenvalue weighted by Crippen LogP contribution is -2.45. The summed E-state index contributed by atoms with van der Waals surface area (Å²) in [7, 11) is 0. The number of hydrogen-bond donors (Lipinski definition) is 3. The Labute approximate surface area is 194 Å². The van der Waals surface area contributed by atoms with Crippen LogP contribution in [-0.4, -0.2) is 11.0 Å². The Balaban J connectivity index is 1.80. The predicted octanol–water partition coefficient (Wildman–Crippen LogP) is 5.69. The van der Waals surface area contributed by atoms with Gasteiger partial charge in [0, 0.05) is 5.69 Å². The Bertz CT molecular complexity index is 1150. The van der Waals surface area contributed by atoms with E-state index in [0.29, 0.717) is 16.6 Å². The molecule has 0 radical (unpaired) electrons. The normalized spacial score (nSPS) is 15.9. The van der Waals surface area contributed by atoms with Crippen LogP contribution in [0.1, 0.15) is 48.1 Å². The number of anilines is 1. The van der Waals surface area contributed by atoms with Gasteiger partial charge in [-0.15, -0.1) is 0 Å². The van der Waals surface area contributed by atoms with Gasteiger partial charge in [0.1, 0.15) is 0 Å². The fraction of sp³-hybridized carbons (Fsp3) is 0.185. The summed E-state index contributed by atoms with van der Waals surface area (Å²) in [6, 6.07) is 25.6. The molecule has 0 aromatic heterocycles. The van der Waals surface area contributed by atoms with E-state index in [9.17, 15) is 4.79 Å². The highest BCUT2D eigenvalue weighted by molar-refractivity contribution is 7.80. The van der Waals surface area contributed by atoms with Crippen LogP contribution in [0.5, 0.6) is 0 Å². The number of benzene rings is 3. The van der Waals surface area contributed by atoms with Gasteiger partial charge in [-0.1, -0.05) is 86.1 Å². The van der Waals surface area contributed by atoms with Crippen LogP contribution < -0.4 is 16.0 Å². The zero-order chi connectivity index (χ0) is 22.7. The highest BCUT2D eigenvalue weighted by Crippen LogP contribution is 2.32. The molecule has 3 N–H and O–H groups in total. The van der Waals surface area contributed by atoms with Crippen molar-refractivity contribution in [1.82, 2.24) is 10.6 Å². The van der Waals surface area contributed by atoms with Crippen LogP contribution in [-0.2, 0) is 4.79 Å². The molecule has 0 fully saturated rings. The molecule has 32 heavy (non-hydrogen) atoms. The quantitative estimate of drug-likeness (QED) is 0.446. The molecule has 0 aliphatic carbocycles. The van der Waals surface area contributed by atoms with Crippen molar-refractivity contribution < 1.29 is 4.79 Å². The first-order valence-corrected chi connectivity index (χ1v) is 11.2. The average molecular weight is 442 g/mol. The summed E-state index contributed by atoms with van der Waals surface area (Å²) in [6.45, 7) is 6.36. The van der Waals surface area contributed by atoms with Gasteiger partial charge >= 0.3 is 0 Å². The smallest absolute Gasteiger partial charge is 0.256 e. The van der Waals surface area contributed by atoms with E-state index in [1.165, 1.54) is 5.56 Å². The van der Waals surface area contributed by atoms with E-state index >= 15 is 0 Å². The van der Waals surface area contributed by atoms with Gasteiger partial charge in [-0.25, -0.2) is 0 Å². The molecule has 3 aromatic carbocycles. The lowest BCUT2D eigenvalue weighted by atomic mass is 9.90. The first-order chi connectivity index (χ1) is 15.4. The molecule has 1 heterocycles. The number of carbonyl (C=O) groups excluding carboxylic acids is 1. The molecule has 0 bridgehead atoms. The molecule has 1 aliphatic rings. The Morgan fingerprint density at radius 2 is 1.59 bits per heavy atom. The summed E-state index contributed by atoms with van der Waals surface area (Å²) < 4.78 is 0. The second-order valence-electron chi connectivity index (χ2n) is 8.33. The zero-order valence-corrected chi connectivity index (χ0v) is 19.3. The Morgan fingerprint density at radius 1 is 0.938 bits per heavy atom. The van der Waals surface area contributed by atoms with Crippen LogP contribution in [0.15, 0.2) is 84.4 Å². The molecule has 1 amide bonds. The number of amides is 1. The Kier molecular flexibility index (Phi) is 6.37. The van der Waals surface area contributed by atoms with Crippen LogP contribution >= 0.6 is 12.2 Å². The van der Waals surface area contributed by atoms with Gasteiger partial charge in [-0.05, 0) is 53.9 Å². The molecule has 162 valence electrons. The van der Waals surface area contributed by atoms with E-state index in [1.807, 2.05) is 61.5 Å². The van der Waals surface area contributed by atoms with E-state index in [2.05, 4.69) is 54.1 Å². The molecule has 0 saturated heterocycles. The molecule has 3 aromatic rings. The molecule has 0 unspecified atom stereocenters. The van der Waals surface area contributed by atoms with E-state index in [1.54, 1.807) is 0 Å². The van der Waals surface area contributed by atoms with Crippen LogP contribution in [0.2, 0.25) is 0 Å². The summed E-state index contributed by atoms with van der Waals surface area (Å²) in [5, 5.41) is 10.1. The minimum absolute atomic E-state index is 0.173. The number of aryl methyl sites for hydroxylation is 1. The van der Waals surface area contributed by atoms with Crippen molar-refractivity contribution >= 4 is 34.6 Å². The second-order valence-corrected chi connectivity index (χ2v) is 8.74. The fourth-order valence-electron chi connectivity index (χ4n) is 3.80. The number of thiocarbonyl (C=S) groups is 1. The lowest BCUT2D eigenvalue weighted by Gasteiger charge is -2.32. The average Bonchev–Trinajstić information content (AvgIpc) is 2.80.